The van der Waals surface area contributed by atoms with E-state index in [4.69, 9.17) is 5.26 Å². The van der Waals surface area contributed by atoms with Gasteiger partial charge in [0, 0.05) is 21.1 Å². The summed E-state index contributed by atoms with van der Waals surface area (Å²) < 4.78 is 38.5. The van der Waals surface area contributed by atoms with Gasteiger partial charge in [-0.2, -0.15) is 22.3 Å². The van der Waals surface area contributed by atoms with Crippen molar-refractivity contribution >= 4 is 10.2 Å². The van der Waals surface area contributed by atoms with Crippen molar-refractivity contribution in [2.45, 2.75) is 6.04 Å². The Bertz CT molecular complexity index is 549. The summed E-state index contributed by atoms with van der Waals surface area (Å²) in [6.45, 7) is 0. The Morgan fingerprint density at radius 1 is 1.22 bits per heavy atom. The minimum Gasteiger partial charge on any atom is -0.207 e. The Kier molecular flexibility index (Phi) is 4.40. The fourth-order valence-corrected chi connectivity index (χ4v) is 2.35. The van der Waals surface area contributed by atoms with Gasteiger partial charge in [-0.25, -0.2) is 4.39 Å². The number of halogens is 1. The molecule has 98 valence electrons. The quantitative estimate of drug-likeness (QED) is 0.824. The third-order valence-electron chi connectivity index (χ3n) is 2.50. The van der Waals surface area contributed by atoms with E-state index in [-0.39, 0.29) is 0 Å². The predicted molar refractivity (Wildman–Crippen MR) is 65.1 cm³/mol. The maximum Gasteiger partial charge on any atom is 0.282 e. The van der Waals surface area contributed by atoms with Crippen LogP contribution in [0.2, 0.25) is 0 Å². The van der Waals surface area contributed by atoms with Crippen molar-refractivity contribution in [3.63, 3.8) is 0 Å². The number of hydrogen-bond acceptors (Lipinski definition) is 3. The molecule has 1 aromatic carbocycles. The van der Waals surface area contributed by atoms with Crippen LogP contribution in [0.4, 0.5) is 4.39 Å². The van der Waals surface area contributed by atoms with Gasteiger partial charge in [0.25, 0.3) is 10.2 Å². The van der Waals surface area contributed by atoms with Crippen molar-refractivity contribution in [1.82, 2.24) is 8.61 Å². The molecule has 1 atom stereocenters. The van der Waals surface area contributed by atoms with Crippen LogP contribution in [0.1, 0.15) is 11.6 Å². The van der Waals surface area contributed by atoms with E-state index in [1.807, 2.05) is 6.07 Å². The Hall–Kier alpha value is -1.49. The van der Waals surface area contributed by atoms with Crippen molar-refractivity contribution < 1.29 is 12.8 Å². The molecule has 0 saturated heterocycles. The van der Waals surface area contributed by atoms with Gasteiger partial charge in [-0.1, -0.05) is 12.1 Å². The molecule has 0 amide bonds. The standard InChI is InChI=1S/C11H14FN3O2S/c1-14(2)18(16,17)15(3)11(8-13)9-4-6-10(12)7-5-9/h4-7,11H,1-3H3. The Morgan fingerprint density at radius 3 is 2.11 bits per heavy atom. The first-order chi connectivity index (χ1) is 8.30. The first kappa shape index (κ1) is 14.6. The zero-order chi connectivity index (χ0) is 13.9. The molecule has 1 aromatic rings. The first-order valence-corrected chi connectivity index (χ1v) is 6.51. The fourth-order valence-electron chi connectivity index (χ4n) is 1.40. The summed E-state index contributed by atoms with van der Waals surface area (Å²) in [5.74, 6) is -0.437. The number of nitrogens with zero attached hydrogens (tertiary/aromatic N) is 3. The maximum atomic E-state index is 12.8. The highest BCUT2D eigenvalue weighted by atomic mass is 32.2. The number of rotatable bonds is 4. The van der Waals surface area contributed by atoms with Crippen LogP contribution in [-0.4, -0.2) is 38.2 Å². The van der Waals surface area contributed by atoms with E-state index < -0.39 is 22.1 Å². The van der Waals surface area contributed by atoms with Gasteiger partial charge in [0.05, 0.1) is 6.07 Å². The molecule has 0 N–H and O–H groups in total. The smallest absolute Gasteiger partial charge is 0.207 e. The lowest BCUT2D eigenvalue weighted by atomic mass is 10.1. The van der Waals surface area contributed by atoms with E-state index in [1.165, 1.54) is 45.4 Å². The van der Waals surface area contributed by atoms with Crippen LogP contribution in [0.25, 0.3) is 0 Å². The second-order valence-electron chi connectivity index (χ2n) is 3.89. The normalized spacial score (nSPS) is 13.6. The van der Waals surface area contributed by atoms with E-state index in [0.717, 1.165) is 8.61 Å². The molecule has 0 bridgehead atoms. The van der Waals surface area contributed by atoms with Crippen molar-refractivity contribution in [2.75, 3.05) is 21.1 Å². The summed E-state index contributed by atoms with van der Waals surface area (Å²) in [7, 11) is 0.376. The number of nitriles is 1. The summed E-state index contributed by atoms with van der Waals surface area (Å²) in [5, 5.41) is 9.10. The van der Waals surface area contributed by atoms with Crippen LogP contribution < -0.4 is 0 Å². The lowest BCUT2D eigenvalue weighted by Gasteiger charge is -2.25. The van der Waals surface area contributed by atoms with E-state index >= 15 is 0 Å². The van der Waals surface area contributed by atoms with E-state index in [1.54, 1.807) is 0 Å². The molecule has 5 nitrogen and oxygen atoms in total. The summed E-state index contributed by atoms with van der Waals surface area (Å²) in [5.41, 5.74) is 0.423. The van der Waals surface area contributed by atoms with Gasteiger partial charge in [-0.3, -0.25) is 0 Å². The third kappa shape index (κ3) is 2.85. The molecule has 0 aliphatic heterocycles. The molecule has 0 aliphatic rings. The SMILES string of the molecule is CN(C)S(=O)(=O)N(C)C(C#N)c1ccc(F)cc1. The summed E-state index contributed by atoms with van der Waals surface area (Å²) >= 11 is 0. The highest BCUT2D eigenvalue weighted by Gasteiger charge is 2.29. The summed E-state index contributed by atoms with van der Waals surface area (Å²) in [6, 6.07) is 6.08. The van der Waals surface area contributed by atoms with Crippen LogP contribution >= 0.6 is 0 Å². The van der Waals surface area contributed by atoms with Crippen LogP contribution in [0.3, 0.4) is 0 Å². The lowest BCUT2D eigenvalue weighted by molar-refractivity contribution is 0.389. The molecule has 0 heterocycles. The zero-order valence-corrected chi connectivity index (χ0v) is 11.1. The minimum atomic E-state index is -3.70. The highest BCUT2D eigenvalue weighted by molar-refractivity contribution is 7.86. The predicted octanol–water partition coefficient (Wildman–Crippen LogP) is 1.13. The van der Waals surface area contributed by atoms with Crippen molar-refractivity contribution in [1.29, 1.82) is 5.26 Å². The van der Waals surface area contributed by atoms with Gasteiger partial charge < -0.3 is 0 Å². The van der Waals surface area contributed by atoms with E-state index in [2.05, 4.69) is 0 Å². The molecule has 18 heavy (non-hydrogen) atoms. The van der Waals surface area contributed by atoms with Crippen LogP contribution in [0.5, 0.6) is 0 Å². The van der Waals surface area contributed by atoms with Gasteiger partial charge in [-0.05, 0) is 17.7 Å². The fraction of sp³-hybridized carbons (Fsp3) is 0.364. The summed E-state index contributed by atoms with van der Waals surface area (Å²) in [4.78, 5) is 0. The molecule has 0 saturated carbocycles. The maximum absolute atomic E-state index is 12.8. The largest absolute Gasteiger partial charge is 0.282 e. The lowest BCUT2D eigenvalue weighted by Crippen LogP contribution is -2.39. The van der Waals surface area contributed by atoms with Crippen LogP contribution in [0, 0.1) is 17.1 Å². The van der Waals surface area contributed by atoms with E-state index in [9.17, 15) is 12.8 Å². The molecule has 0 spiro atoms. The second-order valence-corrected chi connectivity index (χ2v) is 6.09. The Morgan fingerprint density at radius 2 is 1.72 bits per heavy atom. The van der Waals surface area contributed by atoms with Crippen LogP contribution in [0.15, 0.2) is 24.3 Å². The summed E-state index contributed by atoms with van der Waals surface area (Å²) in [6.07, 6.45) is 0. The van der Waals surface area contributed by atoms with Gasteiger partial charge in [0.2, 0.25) is 0 Å². The third-order valence-corrected chi connectivity index (χ3v) is 4.36. The molecule has 7 heteroatoms. The molecule has 0 radical (unpaired) electrons. The Labute approximate surface area is 106 Å². The topological polar surface area (TPSA) is 64.4 Å². The highest BCUT2D eigenvalue weighted by Crippen LogP contribution is 2.22. The van der Waals surface area contributed by atoms with Gasteiger partial charge in [-0.15, -0.1) is 0 Å². The van der Waals surface area contributed by atoms with Crippen molar-refractivity contribution in [3.05, 3.63) is 35.6 Å². The van der Waals surface area contributed by atoms with Gasteiger partial charge >= 0.3 is 0 Å². The molecular formula is C11H14FN3O2S. The molecule has 0 aromatic heterocycles. The zero-order valence-electron chi connectivity index (χ0n) is 10.3. The average Bonchev–Trinajstić information content (AvgIpc) is 2.32. The molecule has 1 rings (SSSR count). The van der Waals surface area contributed by atoms with Crippen molar-refractivity contribution in [2.24, 2.45) is 0 Å². The van der Waals surface area contributed by atoms with Gasteiger partial charge in [0.15, 0.2) is 0 Å². The molecule has 0 fully saturated rings. The second kappa shape index (κ2) is 5.44. The number of hydrogen-bond donors (Lipinski definition) is 0. The Balaban J connectivity index is 3.13. The number of benzene rings is 1. The monoisotopic (exact) mass is 271 g/mol. The molecule has 1 unspecified atom stereocenters. The van der Waals surface area contributed by atoms with Crippen molar-refractivity contribution in [3.8, 4) is 6.07 Å². The van der Waals surface area contributed by atoms with Crippen LogP contribution in [-0.2, 0) is 10.2 Å². The minimum absolute atomic E-state index is 0.423. The van der Waals surface area contributed by atoms with E-state index in [0.29, 0.717) is 5.56 Å². The van der Waals surface area contributed by atoms with Gasteiger partial charge in [0.1, 0.15) is 11.9 Å². The molecular weight excluding hydrogens is 257 g/mol. The first-order valence-electron chi connectivity index (χ1n) is 5.11. The average molecular weight is 271 g/mol. The molecule has 0 aliphatic carbocycles.